The van der Waals surface area contributed by atoms with Crippen molar-refractivity contribution in [2.75, 3.05) is 25.7 Å². The van der Waals surface area contributed by atoms with Crippen LogP contribution in [0.3, 0.4) is 0 Å². The molecule has 0 saturated carbocycles. The summed E-state index contributed by atoms with van der Waals surface area (Å²) in [6, 6.07) is 16.2. The Balaban J connectivity index is 1.68. The van der Waals surface area contributed by atoms with Crippen molar-refractivity contribution in [3.63, 3.8) is 0 Å². The quantitative estimate of drug-likeness (QED) is 0.432. The first-order valence-electron chi connectivity index (χ1n) is 9.03. The number of hydrogen-bond acceptors (Lipinski definition) is 6. The molecule has 0 unspecified atom stereocenters. The summed E-state index contributed by atoms with van der Waals surface area (Å²) in [7, 11) is 3.27. The van der Waals surface area contributed by atoms with Gasteiger partial charge in [0.2, 0.25) is 0 Å². The maximum atomic E-state index is 5.41. The van der Waals surface area contributed by atoms with Gasteiger partial charge in [0.15, 0.2) is 16.6 Å². The fourth-order valence-corrected chi connectivity index (χ4v) is 4.04. The van der Waals surface area contributed by atoms with Crippen LogP contribution in [0.15, 0.2) is 60.1 Å². The molecule has 142 valence electrons. The van der Waals surface area contributed by atoms with E-state index in [0.717, 1.165) is 34.1 Å². The predicted molar refractivity (Wildman–Crippen MR) is 115 cm³/mol. The van der Waals surface area contributed by atoms with Gasteiger partial charge in [0, 0.05) is 29.1 Å². The summed E-state index contributed by atoms with van der Waals surface area (Å²) < 4.78 is 10.7. The molecule has 0 radical (unpaired) electrons. The summed E-state index contributed by atoms with van der Waals surface area (Å²) >= 11 is 1.60. The smallest absolute Gasteiger partial charge is 0.191 e. The van der Waals surface area contributed by atoms with Gasteiger partial charge in [-0.2, -0.15) is 0 Å². The lowest BCUT2D eigenvalue weighted by molar-refractivity contribution is 0.355. The number of benzene rings is 2. The summed E-state index contributed by atoms with van der Waals surface area (Å²) in [6.07, 6.45) is 1.91. The van der Waals surface area contributed by atoms with E-state index in [1.807, 2.05) is 36.5 Å². The molecule has 2 heterocycles. The fourth-order valence-electron chi connectivity index (χ4n) is 3.13. The van der Waals surface area contributed by atoms with Crippen molar-refractivity contribution in [1.29, 1.82) is 0 Å². The third-order valence-electron chi connectivity index (χ3n) is 4.61. The second kappa shape index (κ2) is 7.86. The van der Waals surface area contributed by atoms with Gasteiger partial charge in [-0.3, -0.25) is 0 Å². The second-order valence-corrected chi connectivity index (χ2v) is 7.06. The van der Waals surface area contributed by atoms with Crippen molar-refractivity contribution in [1.82, 2.24) is 9.97 Å². The highest BCUT2D eigenvalue weighted by molar-refractivity contribution is 7.14. The molecule has 2 aromatic heterocycles. The normalized spacial score (nSPS) is 10.8. The van der Waals surface area contributed by atoms with Crippen molar-refractivity contribution in [3.05, 3.63) is 60.1 Å². The van der Waals surface area contributed by atoms with Crippen LogP contribution in [0.2, 0.25) is 0 Å². The molecule has 0 atom stereocenters. The van der Waals surface area contributed by atoms with E-state index in [2.05, 4.69) is 40.4 Å². The van der Waals surface area contributed by atoms with Crippen LogP contribution >= 0.6 is 11.3 Å². The Labute approximate surface area is 168 Å². The molecule has 6 heteroatoms. The molecular weight excluding hydrogens is 370 g/mol. The highest BCUT2D eigenvalue weighted by Crippen LogP contribution is 2.35. The van der Waals surface area contributed by atoms with Gasteiger partial charge in [-0.1, -0.05) is 24.3 Å². The number of rotatable bonds is 6. The average molecular weight is 391 g/mol. The van der Waals surface area contributed by atoms with E-state index in [-0.39, 0.29) is 0 Å². The van der Waals surface area contributed by atoms with E-state index >= 15 is 0 Å². The van der Waals surface area contributed by atoms with E-state index in [0.29, 0.717) is 11.5 Å². The fraction of sp³-hybridized carbons (Fsp3) is 0.182. The Hall–Kier alpha value is -3.12. The Morgan fingerprint density at radius 3 is 2.50 bits per heavy atom. The van der Waals surface area contributed by atoms with Crippen LogP contribution in [-0.2, 0) is 0 Å². The van der Waals surface area contributed by atoms with Crippen LogP contribution in [0.5, 0.6) is 11.5 Å². The molecule has 0 amide bonds. The Morgan fingerprint density at radius 2 is 1.75 bits per heavy atom. The second-order valence-electron chi connectivity index (χ2n) is 6.22. The number of fused-ring (bicyclic) bond motifs is 1. The molecular formula is C22H21N3O2S. The maximum absolute atomic E-state index is 5.41. The predicted octanol–water partition coefficient (Wildman–Crippen LogP) is 5.53. The third kappa shape index (κ3) is 3.39. The molecule has 0 fully saturated rings. The van der Waals surface area contributed by atoms with Gasteiger partial charge >= 0.3 is 0 Å². The van der Waals surface area contributed by atoms with Crippen molar-refractivity contribution >= 4 is 33.1 Å². The lowest BCUT2D eigenvalue weighted by atomic mass is 10.1. The number of thiazole rings is 1. The molecule has 4 rings (SSSR count). The Bertz CT molecular complexity index is 1110. The van der Waals surface area contributed by atoms with Crippen LogP contribution in [0.25, 0.3) is 22.0 Å². The van der Waals surface area contributed by atoms with E-state index in [1.165, 1.54) is 5.39 Å². The van der Waals surface area contributed by atoms with E-state index < -0.39 is 0 Å². The van der Waals surface area contributed by atoms with E-state index in [4.69, 9.17) is 14.5 Å². The van der Waals surface area contributed by atoms with Gasteiger partial charge in [-0.15, -0.1) is 11.3 Å². The topological polar surface area (TPSA) is 47.5 Å². The molecule has 0 aliphatic rings. The largest absolute Gasteiger partial charge is 0.493 e. The molecule has 0 N–H and O–H groups in total. The lowest BCUT2D eigenvalue weighted by Crippen LogP contribution is -2.17. The Kier molecular flexibility index (Phi) is 5.12. The minimum Gasteiger partial charge on any atom is -0.493 e. The molecule has 0 spiro atoms. The molecule has 0 aliphatic heterocycles. The SMILES string of the molecule is CCN(c1cc2ccccc2cn1)c1nc(-c2ccc(OC)c(OC)c2)cs1. The highest BCUT2D eigenvalue weighted by Gasteiger charge is 2.15. The molecule has 28 heavy (non-hydrogen) atoms. The van der Waals surface area contributed by atoms with Gasteiger partial charge in [0.1, 0.15) is 5.82 Å². The number of methoxy groups -OCH3 is 2. The first-order chi connectivity index (χ1) is 13.7. The molecule has 0 bridgehead atoms. The molecule has 0 saturated heterocycles. The number of hydrogen-bond donors (Lipinski definition) is 0. The molecule has 0 aliphatic carbocycles. The number of nitrogens with zero attached hydrogens (tertiary/aromatic N) is 3. The zero-order valence-electron chi connectivity index (χ0n) is 16.0. The van der Waals surface area contributed by atoms with Gasteiger partial charge in [-0.25, -0.2) is 9.97 Å². The van der Waals surface area contributed by atoms with Crippen LogP contribution in [0.4, 0.5) is 10.9 Å². The summed E-state index contributed by atoms with van der Waals surface area (Å²) in [4.78, 5) is 11.6. The highest BCUT2D eigenvalue weighted by atomic mass is 32.1. The number of aromatic nitrogens is 2. The zero-order chi connectivity index (χ0) is 19.5. The van der Waals surface area contributed by atoms with Crippen LogP contribution in [-0.4, -0.2) is 30.7 Å². The summed E-state index contributed by atoms with van der Waals surface area (Å²) in [6.45, 7) is 2.89. The van der Waals surface area contributed by atoms with Gasteiger partial charge < -0.3 is 14.4 Å². The van der Waals surface area contributed by atoms with Gasteiger partial charge in [0.25, 0.3) is 0 Å². The first kappa shape index (κ1) is 18.3. The van der Waals surface area contributed by atoms with Gasteiger partial charge in [-0.05, 0) is 36.6 Å². The monoisotopic (exact) mass is 391 g/mol. The van der Waals surface area contributed by atoms with Crippen LogP contribution in [0, 0.1) is 0 Å². The number of ether oxygens (including phenoxy) is 2. The molecule has 5 nitrogen and oxygen atoms in total. The van der Waals surface area contributed by atoms with Crippen molar-refractivity contribution in [2.24, 2.45) is 0 Å². The average Bonchev–Trinajstić information content (AvgIpc) is 3.23. The van der Waals surface area contributed by atoms with Crippen molar-refractivity contribution in [3.8, 4) is 22.8 Å². The number of pyridine rings is 1. The van der Waals surface area contributed by atoms with Crippen LogP contribution in [0.1, 0.15) is 6.92 Å². The molecule has 4 aromatic rings. The van der Waals surface area contributed by atoms with Crippen LogP contribution < -0.4 is 14.4 Å². The minimum atomic E-state index is 0.693. The van der Waals surface area contributed by atoms with Gasteiger partial charge in [0.05, 0.1) is 19.9 Å². The van der Waals surface area contributed by atoms with Crippen molar-refractivity contribution in [2.45, 2.75) is 6.92 Å². The summed E-state index contributed by atoms with van der Waals surface area (Å²) in [5.41, 5.74) is 1.89. The van der Waals surface area contributed by atoms with Crippen molar-refractivity contribution < 1.29 is 9.47 Å². The maximum Gasteiger partial charge on any atom is 0.191 e. The standard InChI is InChI=1S/C22H21N3O2S/c1-4-25(21-12-15-7-5-6-8-17(15)13-23-21)22-24-18(14-28-22)16-9-10-19(26-2)20(11-16)27-3/h5-14H,4H2,1-3H3. The third-order valence-corrected chi connectivity index (χ3v) is 5.48. The van der Waals surface area contributed by atoms with E-state index in [1.54, 1.807) is 25.6 Å². The number of anilines is 2. The summed E-state index contributed by atoms with van der Waals surface area (Å²) in [5.74, 6) is 2.30. The minimum absolute atomic E-state index is 0.693. The summed E-state index contributed by atoms with van der Waals surface area (Å²) in [5, 5.41) is 5.27. The molecule has 2 aromatic carbocycles. The lowest BCUT2D eigenvalue weighted by Gasteiger charge is -2.19. The van der Waals surface area contributed by atoms with E-state index in [9.17, 15) is 0 Å². The Morgan fingerprint density at radius 1 is 0.964 bits per heavy atom. The zero-order valence-corrected chi connectivity index (χ0v) is 16.9. The first-order valence-corrected chi connectivity index (χ1v) is 9.91.